The summed E-state index contributed by atoms with van der Waals surface area (Å²) in [6, 6.07) is 9.88. The highest BCUT2D eigenvalue weighted by Gasteiger charge is 2.30. The van der Waals surface area contributed by atoms with Gasteiger partial charge >= 0.3 is 6.03 Å². The Kier molecular flexibility index (Phi) is 5.33. The smallest absolute Gasteiger partial charge is 0.321 e. The predicted molar refractivity (Wildman–Crippen MR) is 104 cm³/mol. The second-order valence-electron chi connectivity index (χ2n) is 7.20. The Hall–Kier alpha value is -2.48. The van der Waals surface area contributed by atoms with Crippen molar-refractivity contribution in [2.45, 2.75) is 31.6 Å². The van der Waals surface area contributed by atoms with Crippen molar-refractivity contribution in [3.05, 3.63) is 40.9 Å². The summed E-state index contributed by atoms with van der Waals surface area (Å²) in [6.07, 6.45) is 3.67. The van der Waals surface area contributed by atoms with Gasteiger partial charge in [-0.3, -0.25) is 10.1 Å². The van der Waals surface area contributed by atoms with Crippen molar-refractivity contribution in [1.29, 1.82) is 0 Å². The summed E-state index contributed by atoms with van der Waals surface area (Å²) < 4.78 is 0. The number of rotatable bonds is 7. The van der Waals surface area contributed by atoms with Gasteiger partial charge in [0.1, 0.15) is 5.01 Å². The minimum absolute atomic E-state index is 0.149. The van der Waals surface area contributed by atoms with Crippen molar-refractivity contribution in [2.75, 3.05) is 25.0 Å². The molecular weight excluding hydrogens is 362 g/mol. The third kappa shape index (κ3) is 4.82. The molecule has 8 heteroatoms. The van der Waals surface area contributed by atoms with Crippen LogP contribution >= 0.6 is 11.3 Å². The second-order valence-corrected chi connectivity index (χ2v) is 8.21. The normalized spacial score (nSPS) is 19.3. The molecular formula is C19H23N5O2S. The van der Waals surface area contributed by atoms with Crippen LogP contribution in [0.4, 0.5) is 9.93 Å². The number of carbonyl (C=O) groups excluding carboxylic acids is 2. The molecule has 142 valence electrons. The molecule has 2 heterocycles. The first-order valence-electron chi connectivity index (χ1n) is 9.37. The lowest BCUT2D eigenvalue weighted by molar-refractivity contribution is -0.127. The Bertz CT molecular complexity index is 805. The number of hydrogen-bond donors (Lipinski definition) is 2. The number of carbonyl (C=O) groups is 2. The zero-order chi connectivity index (χ0) is 18.6. The fourth-order valence-corrected chi connectivity index (χ4v) is 4.18. The molecule has 2 N–H and O–H groups in total. The number of amides is 3. The summed E-state index contributed by atoms with van der Waals surface area (Å²) in [6.45, 7) is 1.89. The monoisotopic (exact) mass is 385 g/mol. The van der Waals surface area contributed by atoms with Crippen molar-refractivity contribution in [1.82, 2.24) is 20.4 Å². The molecule has 2 aliphatic rings. The third-order valence-corrected chi connectivity index (χ3v) is 5.95. The topological polar surface area (TPSA) is 87.2 Å². The molecule has 1 saturated carbocycles. The van der Waals surface area contributed by atoms with Gasteiger partial charge in [-0.25, -0.2) is 4.79 Å². The van der Waals surface area contributed by atoms with Crippen molar-refractivity contribution in [3.8, 4) is 0 Å². The summed E-state index contributed by atoms with van der Waals surface area (Å²) >= 11 is 1.44. The number of nitrogens with one attached hydrogen (secondary N) is 2. The summed E-state index contributed by atoms with van der Waals surface area (Å²) in [5, 5.41) is 15.2. The van der Waals surface area contributed by atoms with E-state index >= 15 is 0 Å². The van der Waals surface area contributed by atoms with E-state index < -0.39 is 0 Å². The molecule has 1 atom stereocenters. The molecule has 2 aromatic rings. The van der Waals surface area contributed by atoms with Crippen molar-refractivity contribution >= 4 is 28.4 Å². The van der Waals surface area contributed by atoms with Gasteiger partial charge in [0.2, 0.25) is 11.0 Å². The average molecular weight is 385 g/mol. The maximum Gasteiger partial charge on any atom is 0.321 e. The van der Waals surface area contributed by atoms with Crippen LogP contribution in [0, 0.1) is 5.92 Å². The van der Waals surface area contributed by atoms with Crippen LogP contribution in [-0.4, -0.2) is 46.7 Å². The zero-order valence-corrected chi connectivity index (χ0v) is 15.9. The van der Waals surface area contributed by atoms with Crippen LogP contribution in [0.2, 0.25) is 0 Å². The van der Waals surface area contributed by atoms with Gasteiger partial charge in [0, 0.05) is 37.9 Å². The zero-order valence-electron chi connectivity index (χ0n) is 15.1. The lowest BCUT2D eigenvalue weighted by Gasteiger charge is -2.17. The molecule has 2 fully saturated rings. The van der Waals surface area contributed by atoms with Crippen LogP contribution in [0.5, 0.6) is 0 Å². The third-order valence-electron chi connectivity index (χ3n) is 4.95. The molecule has 1 aliphatic heterocycles. The molecule has 0 bridgehead atoms. The van der Waals surface area contributed by atoms with Gasteiger partial charge in [-0.2, -0.15) is 0 Å². The number of urea groups is 1. The number of nitrogens with zero attached hydrogens (tertiary/aromatic N) is 3. The fraction of sp³-hybridized carbons (Fsp3) is 0.474. The Balaban J connectivity index is 1.19. The van der Waals surface area contributed by atoms with Crippen LogP contribution in [0.15, 0.2) is 30.3 Å². The SMILES string of the molecule is O=C(NCC1CC(=O)N(CCc2ccccc2)C1)Nc1nnc(C2CC2)s1. The highest BCUT2D eigenvalue weighted by Crippen LogP contribution is 2.42. The molecule has 4 rings (SSSR count). The molecule has 0 spiro atoms. The molecule has 1 aromatic carbocycles. The van der Waals surface area contributed by atoms with E-state index in [2.05, 4.69) is 33.0 Å². The molecule has 27 heavy (non-hydrogen) atoms. The first-order chi connectivity index (χ1) is 13.2. The Morgan fingerprint density at radius 3 is 2.81 bits per heavy atom. The molecule has 1 aliphatic carbocycles. The standard InChI is InChI=1S/C19H23N5O2S/c25-16-10-14(12-24(16)9-8-13-4-2-1-3-5-13)11-20-18(26)21-19-23-22-17(27-19)15-6-7-15/h1-5,14-15H,6-12H2,(H2,20,21,23,26). The first-order valence-corrected chi connectivity index (χ1v) is 10.2. The molecule has 1 unspecified atom stereocenters. The Labute approximate surface area is 162 Å². The maximum atomic E-state index is 12.2. The van der Waals surface area contributed by atoms with Gasteiger partial charge in [0.15, 0.2) is 0 Å². The van der Waals surface area contributed by atoms with Crippen molar-refractivity contribution in [2.24, 2.45) is 5.92 Å². The minimum Gasteiger partial charge on any atom is -0.342 e. The van der Waals surface area contributed by atoms with E-state index in [0.717, 1.165) is 30.8 Å². The number of benzene rings is 1. The van der Waals surface area contributed by atoms with Crippen LogP contribution in [0.1, 0.15) is 35.8 Å². The molecule has 1 aromatic heterocycles. The van der Waals surface area contributed by atoms with E-state index in [4.69, 9.17) is 0 Å². The number of anilines is 1. The fourth-order valence-electron chi connectivity index (χ4n) is 3.27. The van der Waals surface area contributed by atoms with Gasteiger partial charge < -0.3 is 10.2 Å². The Morgan fingerprint density at radius 1 is 1.22 bits per heavy atom. The van der Waals surface area contributed by atoms with Gasteiger partial charge in [0.05, 0.1) is 0 Å². The van der Waals surface area contributed by atoms with Crippen LogP contribution < -0.4 is 10.6 Å². The van der Waals surface area contributed by atoms with E-state index in [0.29, 0.717) is 30.6 Å². The van der Waals surface area contributed by atoms with Crippen molar-refractivity contribution in [3.63, 3.8) is 0 Å². The highest BCUT2D eigenvalue weighted by molar-refractivity contribution is 7.15. The summed E-state index contributed by atoms with van der Waals surface area (Å²) in [4.78, 5) is 26.1. The van der Waals surface area contributed by atoms with Gasteiger partial charge in [-0.15, -0.1) is 10.2 Å². The predicted octanol–water partition coefficient (Wildman–Crippen LogP) is 2.63. The summed E-state index contributed by atoms with van der Waals surface area (Å²) in [5.41, 5.74) is 1.23. The lowest BCUT2D eigenvalue weighted by Crippen LogP contribution is -2.34. The first kappa shape index (κ1) is 17.9. The van der Waals surface area contributed by atoms with E-state index in [1.807, 2.05) is 23.1 Å². The van der Waals surface area contributed by atoms with E-state index in [9.17, 15) is 9.59 Å². The largest absolute Gasteiger partial charge is 0.342 e. The Morgan fingerprint density at radius 2 is 2.04 bits per heavy atom. The number of likely N-dealkylation sites (tertiary alicyclic amines) is 1. The van der Waals surface area contributed by atoms with E-state index in [-0.39, 0.29) is 17.9 Å². The quantitative estimate of drug-likeness (QED) is 0.767. The van der Waals surface area contributed by atoms with Gasteiger partial charge in [-0.1, -0.05) is 41.7 Å². The van der Waals surface area contributed by atoms with Gasteiger partial charge in [-0.05, 0) is 24.8 Å². The lowest BCUT2D eigenvalue weighted by atomic mass is 10.1. The van der Waals surface area contributed by atoms with Crippen LogP contribution in [-0.2, 0) is 11.2 Å². The summed E-state index contributed by atoms with van der Waals surface area (Å²) in [7, 11) is 0. The molecule has 3 amide bonds. The van der Waals surface area contributed by atoms with Crippen LogP contribution in [0.25, 0.3) is 0 Å². The van der Waals surface area contributed by atoms with Gasteiger partial charge in [0.25, 0.3) is 0 Å². The maximum absolute atomic E-state index is 12.2. The second kappa shape index (κ2) is 8.04. The number of hydrogen-bond acceptors (Lipinski definition) is 5. The molecule has 1 saturated heterocycles. The average Bonchev–Trinajstić information content (AvgIpc) is 3.32. The summed E-state index contributed by atoms with van der Waals surface area (Å²) in [5.74, 6) is 0.847. The molecule has 7 nitrogen and oxygen atoms in total. The minimum atomic E-state index is -0.288. The van der Waals surface area contributed by atoms with E-state index in [1.54, 1.807) is 0 Å². The highest BCUT2D eigenvalue weighted by atomic mass is 32.1. The van der Waals surface area contributed by atoms with Crippen LogP contribution in [0.3, 0.4) is 0 Å². The number of aromatic nitrogens is 2. The van der Waals surface area contributed by atoms with Crippen molar-refractivity contribution < 1.29 is 9.59 Å². The molecule has 0 radical (unpaired) electrons. The van der Waals surface area contributed by atoms with E-state index in [1.165, 1.54) is 16.9 Å².